The number of amides is 1. The molecule has 0 unspecified atom stereocenters. The first-order chi connectivity index (χ1) is 11.1. The van der Waals surface area contributed by atoms with Crippen LogP contribution in [0.15, 0.2) is 46.9 Å². The first-order valence-electron chi connectivity index (χ1n) is 6.94. The molecule has 0 saturated carbocycles. The van der Waals surface area contributed by atoms with Gasteiger partial charge in [-0.2, -0.15) is 5.26 Å². The number of oxazole rings is 1. The highest BCUT2D eigenvalue weighted by atomic mass is 16.5. The number of aryl methyl sites for hydroxylation is 1. The molecule has 0 saturated heterocycles. The van der Waals surface area contributed by atoms with Crippen molar-refractivity contribution in [2.75, 3.05) is 11.9 Å². The largest absolute Gasteiger partial charge is 0.484 e. The number of nitrogens with zero attached hydrogens (tertiary/aromatic N) is 2. The van der Waals surface area contributed by atoms with Crippen LogP contribution in [-0.4, -0.2) is 17.5 Å². The normalized spacial score (nSPS) is 10.3. The van der Waals surface area contributed by atoms with Crippen LogP contribution in [0.25, 0.3) is 11.1 Å². The lowest BCUT2D eigenvalue weighted by Gasteiger charge is -2.07. The lowest BCUT2D eigenvalue weighted by Crippen LogP contribution is -2.20. The number of aromatic nitrogens is 1. The number of hydrogen-bond donors (Lipinski definition) is 1. The molecule has 1 heterocycles. The smallest absolute Gasteiger partial charge is 0.262 e. The van der Waals surface area contributed by atoms with E-state index in [-0.39, 0.29) is 12.5 Å². The van der Waals surface area contributed by atoms with Crippen molar-refractivity contribution in [3.05, 3.63) is 53.9 Å². The first-order valence-corrected chi connectivity index (χ1v) is 6.94. The maximum Gasteiger partial charge on any atom is 0.262 e. The van der Waals surface area contributed by atoms with Gasteiger partial charge in [0.25, 0.3) is 5.91 Å². The number of carbonyl (C=O) groups is 1. The summed E-state index contributed by atoms with van der Waals surface area (Å²) in [5.74, 6) is 0.822. The van der Waals surface area contributed by atoms with Crippen LogP contribution < -0.4 is 10.1 Å². The predicted molar refractivity (Wildman–Crippen MR) is 84.0 cm³/mol. The number of anilines is 1. The Hall–Kier alpha value is -3.33. The van der Waals surface area contributed by atoms with Gasteiger partial charge >= 0.3 is 0 Å². The zero-order chi connectivity index (χ0) is 16.2. The van der Waals surface area contributed by atoms with Crippen molar-refractivity contribution >= 4 is 22.7 Å². The molecule has 1 N–H and O–H groups in total. The van der Waals surface area contributed by atoms with E-state index in [4.69, 9.17) is 14.4 Å². The van der Waals surface area contributed by atoms with Gasteiger partial charge in [0.05, 0.1) is 11.6 Å². The van der Waals surface area contributed by atoms with Gasteiger partial charge in [-0.05, 0) is 42.5 Å². The molecule has 3 rings (SSSR count). The van der Waals surface area contributed by atoms with Crippen molar-refractivity contribution in [1.82, 2.24) is 4.98 Å². The van der Waals surface area contributed by atoms with E-state index in [1.807, 2.05) is 6.07 Å². The molecular weight excluding hydrogens is 294 g/mol. The summed E-state index contributed by atoms with van der Waals surface area (Å²) in [5, 5.41) is 11.5. The van der Waals surface area contributed by atoms with E-state index in [0.717, 1.165) is 0 Å². The summed E-state index contributed by atoms with van der Waals surface area (Å²) in [5.41, 5.74) is 2.53. The molecule has 0 aliphatic carbocycles. The average Bonchev–Trinajstić information content (AvgIpc) is 2.92. The molecule has 114 valence electrons. The van der Waals surface area contributed by atoms with Crippen molar-refractivity contribution in [1.29, 1.82) is 5.26 Å². The van der Waals surface area contributed by atoms with E-state index in [1.165, 1.54) is 0 Å². The monoisotopic (exact) mass is 307 g/mol. The Morgan fingerprint density at radius 1 is 1.30 bits per heavy atom. The number of ether oxygens (including phenoxy) is 1. The Morgan fingerprint density at radius 3 is 2.83 bits per heavy atom. The average molecular weight is 307 g/mol. The molecule has 23 heavy (non-hydrogen) atoms. The molecule has 6 nitrogen and oxygen atoms in total. The van der Waals surface area contributed by atoms with Gasteiger partial charge in [-0.25, -0.2) is 4.98 Å². The topological polar surface area (TPSA) is 88.1 Å². The number of benzene rings is 2. The van der Waals surface area contributed by atoms with Gasteiger partial charge in [-0.3, -0.25) is 4.79 Å². The molecule has 0 fully saturated rings. The predicted octanol–water partition coefficient (Wildman–Crippen LogP) is 3.03. The highest BCUT2D eigenvalue weighted by molar-refractivity contribution is 5.93. The van der Waals surface area contributed by atoms with Crippen molar-refractivity contribution in [3.63, 3.8) is 0 Å². The van der Waals surface area contributed by atoms with Crippen LogP contribution in [0.3, 0.4) is 0 Å². The van der Waals surface area contributed by atoms with Crippen LogP contribution in [0.5, 0.6) is 5.75 Å². The second-order valence-corrected chi connectivity index (χ2v) is 4.89. The number of rotatable bonds is 4. The third-order valence-corrected chi connectivity index (χ3v) is 3.13. The van der Waals surface area contributed by atoms with Gasteiger partial charge in [0, 0.05) is 12.6 Å². The van der Waals surface area contributed by atoms with Gasteiger partial charge < -0.3 is 14.5 Å². The molecule has 1 amide bonds. The minimum Gasteiger partial charge on any atom is -0.484 e. The summed E-state index contributed by atoms with van der Waals surface area (Å²) in [7, 11) is 0. The molecule has 0 atom stereocenters. The molecule has 3 aromatic rings. The molecule has 6 heteroatoms. The summed E-state index contributed by atoms with van der Waals surface area (Å²) in [6, 6.07) is 13.8. The minimum atomic E-state index is -0.283. The van der Waals surface area contributed by atoms with Gasteiger partial charge in [-0.1, -0.05) is 0 Å². The van der Waals surface area contributed by atoms with Gasteiger partial charge in [0.1, 0.15) is 11.3 Å². The molecule has 0 radical (unpaired) electrons. The second kappa shape index (κ2) is 6.20. The Morgan fingerprint density at radius 2 is 2.09 bits per heavy atom. The number of nitrogens with one attached hydrogen (secondary N) is 1. The molecule has 0 spiro atoms. The summed E-state index contributed by atoms with van der Waals surface area (Å²) < 4.78 is 10.8. The Kier molecular flexibility index (Phi) is 3.93. The fourth-order valence-corrected chi connectivity index (χ4v) is 2.09. The first kappa shape index (κ1) is 14.6. The molecule has 0 aliphatic heterocycles. The fraction of sp³-hybridized carbons (Fsp3) is 0.118. The molecule has 0 bridgehead atoms. The summed E-state index contributed by atoms with van der Waals surface area (Å²) in [6.07, 6.45) is 0. The number of fused-ring (bicyclic) bond motifs is 1. The number of hydrogen-bond acceptors (Lipinski definition) is 5. The quantitative estimate of drug-likeness (QED) is 0.800. The minimum absolute atomic E-state index is 0.123. The van der Waals surface area contributed by atoms with E-state index >= 15 is 0 Å². The molecule has 0 aliphatic rings. The van der Waals surface area contributed by atoms with Crippen LogP contribution in [0.2, 0.25) is 0 Å². The van der Waals surface area contributed by atoms with Crippen LogP contribution >= 0.6 is 0 Å². The summed E-state index contributed by atoms with van der Waals surface area (Å²) in [4.78, 5) is 16.1. The SMILES string of the molecule is Cc1nc2cc(NC(=O)COc3ccc(C#N)cc3)ccc2o1. The molecule has 1 aromatic heterocycles. The van der Waals surface area contributed by atoms with E-state index in [2.05, 4.69) is 10.3 Å². The molecule has 2 aromatic carbocycles. The highest BCUT2D eigenvalue weighted by Crippen LogP contribution is 2.19. The lowest BCUT2D eigenvalue weighted by atomic mass is 10.2. The van der Waals surface area contributed by atoms with E-state index in [0.29, 0.717) is 34.0 Å². The third-order valence-electron chi connectivity index (χ3n) is 3.13. The third kappa shape index (κ3) is 3.47. The fourth-order valence-electron chi connectivity index (χ4n) is 2.09. The second-order valence-electron chi connectivity index (χ2n) is 4.89. The van der Waals surface area contributed by atoms with Crippen LogP contribution in [0.1, 0.15) is 11.5 Å². The van der Waals surface area contributed by atoms with E-state index < -0.39 is 0 Å². The van der Waals surface area contributed by atoms with Crippen LogP contribution in [-0.2, 0) is 4.79 Å². The van der Waals surface area contributed by atoms with Crippen molar-refractivity contribution in [2.24, 2.45) is 0 Å². The summed E-state index contributed by atoms with van der Waals surface area (Å²) in [6.45, 7) is 1.64. The summed E-state index contributed by atoms with van der Waals surface area (Å²) >= 11 is 0. The zero-order valence-corrected chi connectivity index (χ0v) is 12.4. The van der Waals surface area contributed by atoms with Gasteiger partial charge in [0.15, 0.2) is 18.1 Å². The Labute approximate surface area is 132 Å². The number of nitriles is 1. The van der Waals surface area contributed by atoms with Crippen LogP contribution in [0.4, 0.5) is 5.69 Å². The zero-order valence-electron chi connectivity index (χ0n) is 12.4. The lowest BCUT2D eigenvalue weighted by molar-refractivity contribution is -0.118. The van der Waals surface area contributed by atoms with Gasteiger partial charge in [-0.15, -0.1) is 0 Å². The van der Waals surface area contributed by atoms with E-state index in [1.54, 1.807) is 49.4 Å². The van der Waals surface area contributed by atoms with Crippen molar-refractivity contribution in [3.8, 4) is 11.8 Å². The Balaban J connectivity index is 1.60. The maximum atomic E-state index is 11.9. The van der Waals surface area contributed by atoms with E-state index in [9.17, 15) is 4.79 Å². The van der Waals surface area contributed by atoms with Crippen LogP contribution in [0, 0.1) is 18.3 Å². The maximum absolute atomic E-state index is 11.9. The van der Waals surface area contributed by atoms with Crippen molar-refractivity contribution < 1.29 is 13.9 Å². The number of carbonyl (C=O) groups excluding carboxylic acids is 1. The standard InChI is InChI=1S/C17H13N3O3/c1-11-19-15-8-13(4-7-16(15)23-11)20-17(21)10-22-14-5-2-12(9-18)3-6-14/h2-8H,10H2,1H3,(H,20,21). The van der Waals surface area contributed by atoms with Crippen molar-refractivity contribution in [2.45, 2.75) is 6.92 Å². The highest BCUT2D eigenvalue weighted by Gasteiger charge is 2.07. The molecular formula is C17H13N3O3. The van der Waals surface area contributed by atoms with Gasteiger partial charge in [0.2, 0.25) is 0 Å². The Bertz CT molecular complexity index is 892.